The van der Waals surface area contributed by atoms with E-state index in [1.807, 2.05) is 13.0 Å². The lowest BCUT2D eigenvalue weighted by Crippen LogP contribution is -2.49. The zero-order valence-electron chi connectivity index (χ0n) is 23.8. The van der Waals surface area contributed by atoms with Crippen LogP contribution in [0.1, 0.15) is 80.3 Å². The van der Waals surface area contributed by atoms with Crippen LogP contribution in [0.4, 0.5) is 5.69 Å². The number of anilines is 1. The van der Waals surface area contributed by atoms with Crippen LogP contribution in [0.5, 0.6) is 5.75 Å². The van der Waals surface area contributed by atoms with Gasteiger partial charge in [0.25, 0.3) is 5.91 Å². The smallest absolute Gasteiger partial charge is 0.264 e. The zero-order valence-corrected chi connectivity index (χ0v) is 25.4. The molecule has 5 atom stereocenters. The van der Waals surface area contributed by atoms with Crippen molar-refractivity contribution in [3.05, 3.63) is 58.1 Å². The molecule has 0 radical (unpaired) electrons. The second-order valence-electron chi connectivity index (χ2n) is 12.9. The van der Waals surface area contributed by atoms with E-state index in [9.17, 15) is 18.0 Å². The predicted molar refractivity (Wildman–Crippen MR) is 160 cm³/mol. The van der Waals surface area contributed by atoms with Gasteiger partial charge in [-0.25, -0.2) is 13.1 Å². The first-order valence-electron chi connectivity index (χ1n) is 14.9. The van der Waals surface area contributed by atoms with E-state index in [0.717, 1.165) is 42.8 Å². The van der Waals surface area contributed by atoms with Gasteiger partial charge >= 0.3 is 0 Å². The van der Waals surface area contributed by atoms with Gasteiger partial charge in [0.15, 0.2) is 0 Å². The highest BCUT2D eigenvalue weighted by Crippen LogP contribution is 2.46. The van der Waals surface area contributed by atoms with Gasteiger partial charge in [0.05, 0.1) is 17.5 Å². The zero-order chi connectivity index (χ0) is 28.9. The normalized spacial score (nSPS) is 31.6. The summed E-state index contributed by atoms with van der Waals surface area (Å²) >= 11 is 6.38. The third-order valence-corrected chi connectivity index (χ3v) is 12.0. The lowest BCUT2D eigenvalue weighted by molar-refractivity contribution is -0.128. The average molecular weight is 599 g/mol. The molecular formula is C32H39ClN2O5S. The number of Topliss-reactive ketones (excluding diaryl/α,β-unsaturated/α-hetero) is 1. The number of nitrogens with one attached hydrogen (secondary N) is 1. The second-order valence-corrected chi connectivity index (χ2v) is 15.4. The highest BCUT2D eigenvalue weighted by Gasteiger charge is 2.44. The Morgan fingerprint density at radius 3 is 2.66 bits per heavy atom. The van der Waals surface area contributed by atoms with E-state index in [4.69, 9.17) is 16.3 Å². The lowest BCUT2D eigenvalue weighted by atomic mass is 9.68. The Kier molecular flexibility index (Phi) is 7.60. The average Bonchev–Trinajstić information content (AvgIpc) is 3.05. The van der Waals surface area contributed by atoms with Crippen molar-refractivity contribution in [2.45, 2.75) is 75.9 Å². The van der Waals surface area contributed by atoms with Gasteiger partial charge < -0.3 is 9.64 Å². The van der Waals surface area contributed by atoms with Crippen LogP contribution < -0.4 is 14.4 Å². The molecule has 6 rings (SSSR count). The molecule has 2 bridgehead atoms. The third kappa shape index (κ3) is 5.50. The Labute approximate surface area is 248 Å². The van der Waals surface area contributed by atoms with Crippen molar-refractivity contribution in [2.75, 3.05) is 24.6 Å². The fourth-order valence-electron chi connectivity index (χ4n) is 7.31. The van der Waals surface area contributed by atoms with Gasteiger partial charge in [-0.05, 0) is 105 Å². The van der Waals surface area contributed by atoms with Crippen molar-refractivity contribution in [3.63, 3.8) is 0 Å². The van der Waals surface area contributed by atoms with Crippen molar-refractivity contribution in [3.8, 4) is 5.75 Å². The van der Waals surface area contributed by atoms with Gasteiger partial charge in [-0.2, -0.15) is 0 Å². The number of hydrogen-bond acceptors (Lipinski definition) is 6. The fourth-order valence-corrected chi connectivity index (χ4v) is 8.53. The van der Waals surface area contributed by atoms with E-state index >= 15 is 0 Å². The highest BCUT2D eigenvalue weighted by molar-refractivity contribution is 7.90. The number of rotatable bonds is 0. The number of amides is 1. The first-order chi connectivity index (χ1) is 19.5. The summed E-state index contributed by atoms with van der Waals surface area (Å²) < 4.78 is 34.9. The molecule has 0 saturated heterocycles. The van der Waals surface area contributed by atoms with E-state index in [1.54, 1.807) is 25.1 Å². The van der Waals surface area contributed by atoms with E-state index in [1.165, 1.54) is 11.1 Å². The quantitative estimate of drug-likeness (QED) is 0.420. The number of ether oxygens (including phenoxy) is 1. The monoisotopic (exact) mass is 598 g/mol. The first kappa shape index (κ1) is 28.5. The topological polar surface area (TPSA) is 92.8 Å². The Morgan fingerprint density at radius 2 is 1.88 bits per heavy atom. The number of fused-ring (bicyclic) bond motifs is 4. The molecule has 1 saturated carbocycles. The summed E-state index contributed by atoms with van der Waals surface area (Å²) in [6.45, 7) is 5.51. The Bertz CT molecular complexity index is 1480. The molecule has 1 amide bonds. The molecule has 2 aliphatic heterocycles. The van der Waals surface area contributed by atoms with Crippen LogP contribution in [0.2, 0.25) is 5.02 Å². The SMILES string of the molecule is C[C@@H]1CC[C@@H](C)S(=O)(=O)NC(=O)c2ccc3c(c2)N(C[C@@H]2CC[C@H]2C(=O)C1)C[C@@]1(CCCc2cc(Cl)ccc21)CO3. The minimum atomic E-state index is -3.87. The van der Waals surface area contributed by atoms with Crippen molar-refractivity contribution in [2.24, 2.45) is 17.8 Å². The van der Waals surface area contributed by atoms with Gasteiger partial charge in [0, 0.05) is 41.4 Å². The van der Waals surface area contributed by atoms with Crippen LogP contribution in [-0.4, -0.2) is 45.1 Å². The molecule has 9 heteroatoms. The second kappa shape index (κ2) is 10.9. The van der Waals surface area contributed by atoms with E-state index in [0.29, 0.717) is 44.7 Å². The number of sulfonamides is 1. The predicted octanol–water partition coefficient (Wildman–Crippen LogP) is 5.68. The number of benzene rings is 2. The lowest BCUT2D eigenvalue weighted by Gasteiger charge is -2.44. The van der Waals surface area contributed by atoms with Crippen LogP contribution in [-0.2, 0) is 26.7 Å². The van der Waals surface area contributed by atoms with E-state index in [2.05, 4.69) is 21.8 Å². The van der Waals surface area contributed by atoms with Crippen molar-refractivity contribution in [1.82, 2.24) is 4.72 Å². The number of carbonyl (C=O) groups is 2. The number of nitrogens with zero attached hydrogens (tertiary/aromatic N) is 1. The van der Waals surface area contributed by atoms with E-state index in [-0.39, 0.29) is 34.5 Å². The molecule has 220 valence electrons. The molecule has 1 spiro atoms. The minimum absolute atomic E-state index is 0.0130. The maximum Gasteiger partial charge on any atom is 0.264 e. The Balaban J connectivity index is 1.42. The minimum Gasteiger partial charge on any atom is -0.490 e. The molecule has 1 fully saturated rings. The number of halogens is 1. The van der Waals surface area contributed by atoms with Crippen molar-refractivity contribution >= 4 is 39.0 Å². The summed E-state index contributed by atoms with van der Waals surface area (Å²) in [6, 6.07) is 11.3. The van der Waals surface area contributed by atoms with Gasteiger partial charge in [-0.1, -0.05) is 24.6 Å². The molecule has 0 unspecified atom stereocenters. The van der Waals surface area contributed by atoms with Crippen LogP contribution in [0.25, 0.3) is 0 Å². The Morgan fingerprint density at radius 1 is 1.05 bits per heavy atom. The molecule has 2 heterocycles. The van der Waals surface area contributed by atoms with Crippen LogP contribution >= 0.6 is 11.6 Å². The molecule has 7 nitrogen and oxygen atoms in total. The van der Waals surface area contributed by atoms with Gasteiger partial charge in [-0.15, -0.1) is 0 Å². The number of carbonyl (C=O) groups excluding carboxylic acids is 2. The summed E-state index contributed by atoms with van der Waals surface area (Å²) in [7, 11) is -3.87. The first-order valence-corrected chi connectivity index (χ1v) is 16.9. The fraction of sp³-hybridized carbons (Fsp3) is 0.562. The van der Waals surface area contributed by atoms with Crippen LogP contribution in [0, 0.1) is 17.8 Å². The summed E-state index contributed by atoms with van der Waals surface area (Å²) in [4.78, 5) is 29.0. The molecule has 41 heavy (non-hydrogen) atoms. The standard InChI is InChI=1S/C32H39ClN2O5S/c1-20-5-6-21(2)41(38,39)34-31(37)23-8-12-30-28(16-23)35(17-24-7-10-26(24)29(36)14-20)18-32(19-40-30)13-3-4-22-15-25(33)9-11-27(22)32/h8-9,11-12,15-16,20-21,24,26H,3-7,10,13-14,17-19H2,1-2H3,(H,34,37)/t20-,21-,24+,26-,32+/m1/s1. The van der Waals surface area contributed by atoms with E-state index < -0.39 is 21.2 Å². The summed E-state index contributed by atoms with van der Waals surface area (Å²) in [5.74, 6) is 0.664. The number of ketones is 1. The molecule has 2 aliphatic carbocycles. The van der Waals surface area contributed by atoms with Gasteiger partial charge in [0.2, 0.25) is 10.0 Å². The molecule has 0 aromatic heterocycles. The van der Waals surface area contributed by atoms with Crippen molar-refractivity contribution < 1.29 is 22.7 Å². The molecule has 2 aromatic carbocycles. The van der Waals surface area contributed by atoms with Crippen molar-refractivity contribution in [1.29, 1.82) is 0 Å². The number of hydrogen-bond donors (Lipinski definition) is 1. The highest BCUT2D eigenvalue weighted by atomic mass is 35.5. The molecule has 1 N–H and O–H groups in total. The molecule has 4 aliphatic rings. The van der Waals surface area contributed by atoms with Gasteiger partial charge in [-0.3, -0.25) is 9.59 Å². The maximum absolute atomic E-state index is 13.4. The van der Waals surface area contributed by atoms with Crippen LogP contribution in [0.3, 0.4) is 0 Å². The third-order valence-electron chi connectivity index (χ3n) is 9.97. The summed E-state index contributed by atoms with van der Waals surface area (Å²) in [6.07, 6.45) is 6.31. The molecular weight excluding hydrogens is 560 g/mol. The Hall–Kier alpha value is -2.58. The van der Waals surface area contributed by atoms with Crippen LogP contribution in [0.15, 0.2) is 36.4 Å². The maximum atomic E-state index is 13.4. The largest absolute Gasteiger partial charge is 0.490 e. The summed E-state index contributed by atoms with van der Waals surface area (Å²) in [5, 5.41) is -0.0117. The van der Waals surface area contributed by atoms with Gasteiger partial charge in [0.1, 0.15) is 11.5 Å². The summed E-state index contributed by atoms with van der Waals surface area (Å²) in [5.41, 5.74) is 3.29. The molecule has 2 aromatic rings. The number of aryl methyl sites for hydroxylation is 1.